The molecule has 0 rings (SSSR count). The lowest BCUT2D eigenvalue weighted by Gasteiger charge is -2.29. The molecule has 0 aliphatic heterocycles. The minimum atomic E-state index is -0.340. The Morgan fingerprint density at radius 2 is 1.48 bits per heavy atom. The zero-order chi connectivity index (χ0) is 21.0. The van der Waals surface area contributed by atoms with E-state index in [4.69, 9.17) is 14.2 Å². The van der Waals surface area contributed by atoms with Crippen LogP contribution in [0, 0.1) is 5.41 Å². The lowest BCUT2D eigenvalue weighted by molar-refractivity contribution is -0.0662. The van der Waals surface area contributed by atoms with Gasteiger partial charge in [-0.2, -0.15) is 0 Å². The molecule has 0 fully saturated rings. The average Bonchev–Trinajstić information content (AvgIpc) is 2.56. The summed E-state index contributed by atoms with van der Waals surface area (Å²) >= 11 is 0. The quantitative estimate of drug-likeness (QED) is 0.366. The van der Waals surface area contributed by atoms with Crippen LogP contribution in [0.1, 0.15) is 93.4 Å². The molecule has 0 saturated carbocycles. The highest BCUT2D eigenvalue weighted by Gasteiger charge is 2.23. The molecule has 0 aliphatic carbocycles. The molecule has 27 heavy (non-hydrogen) atoms. The van der Waals surface area contributed by atoms with Crippen molar-refractivity contribution in [2.75, 3.05) is 26.9 Å². The molecule has 0 radical (unpaired) electrons. The second-order valence-electron chi connectivity index (χ2n) is 9.54. The van der Waals surface area contributed by atoms with Gasteiger partial charge in [0.15, 0.2) is 0 Å². The summed E-state index contributed by atoms with van der Waals surface area (Å²) in [6.45, 7) is 16.3. The van der Waals surface area contributed by atoms with Crippen molar-refractivity contribution >= 4 is 6.09 Å². The van der Waals surface area contributed by atoms with Crippen LogP contribution in [-0.4, -0.2) is 44.2 Å². The summed E-state index contributed by atoms with van der Waals surface area (Å²) in [5.41, 5.74) is -0.415. The maximum atomic E-state index is 11.9. The first-order valence-electron chi connectivity index (χ1n) is 10.5. The molecule has 5 nitrogen and oxygen atoms in total. The Morgan fingerprint density at radius 1 is 0.852 bits per heavy atom. The van der Waals surface area contributed by atoms with Gasteiger partial charge in [-0.25, -0.2) is 4.79 Å². The second kappa shape index (κ2) is 12.6. The van der Waals surface area contributed by atoms with Crippen LogP contribution in [0.25, 0.3) is 0 Å². The van der Waals surface area contributed by atoms with Gasteiger partial charge in [-0.15, -0.1) is 0 Å². The van der Waals surface area contributed by atoms with Crippen LogP contribution in [0.3, 0.4) is 0 Å². The van der Waals surface area contributed by atoms with Gasteiger partial charge in [0.1, 0.15) is 0 Å². The average molecular weight is 388 g/mol. The number of unbranched alkanes of at least 4 members (excludes halogenated alkanes) is 3. The third-order valence-corrected chi connectivity index (χ3v) is 5.11. The number of amides is 1. The summed E-state index contributed by atoms with van der Waals surface area (Å²) in [5.74, 6) is 0. The summed E-state index contributed by atoms with van der Waals surface area (Å²) in [4.78, 5) is 11.9. The number of alkyl carbamates (subject to hydrolysis) is 1. The number of hydrogen-bond acceptors (Lipinski definition) is 4. The molecule has 0 bridgehead atoms. The van der Waals surface area contributed by atoms with Gasteiger partial charge in [-0.3, -0.25) is 0 Å². The number of rotatable bonds is 15. The van der Waals surface area contributed by atoms with Crippen LogP contribution in [0.2, 0.25) is 0 Å². The standard InChI is InChI=1S/C22H45NO4/c1-9-10-11-12-13-20(2,3)18-23-19(24)26-16-14-22(6,7)27-17-15-21(4,5)25-8/h9-18H2,1-8H3,(H,23,24). The Kier molecular flexibility index (Phi) is 12.2. The molecule has 0 aromatic rings. The molecule has 0 spiro atoms. The first-order valence-corrected chi connectivity index (χ1v) is 10.5. The Labute approximate surface area is 167 Å². The van der Waals surface area contributed by atoms with Crippen molar-refractivity contribution in [2.45, 2.75) is 105 Å². The fourth-order valence-electron chi connectivity index (χ4n) is 2.62. The maximum absolute atomic E-state index is 11.9. The number of nitrogens with one attached hydrogen (secondary N) is 1. The van der Waals surface area contributed by atoms with Gasteiger partial charge >= 0.3 is 6.09 Å². The fourth-order valence-corrected chi connectivity index (χ4v) is 2.62. The number of carbonyl (C=O) groups excluding carboxylic acids is 1. The minimum absolute atomic E-state index is 0.100. The molecule has 1 amide bonds. The van der Waals surface area contributed by atoms with Crippen LogP contribution in [0.5, 0.6) is 0 Å². The van der Waals surface area contributed by atoms with Crippen molar-refractivity contribution in [3.05, 3.63) is 0 Å². The van der Waals surface area contributed by atoms with Crippen molar-refractivity contribution in [3.63, 3.8) is 0 Å². The molecule has 0 atom stereocenters. The number of carbonyl (C=O) groups is 1. The SMILES string of the molecule is CCCCCCC(C)(C)CNC(=O)OCCC(C)(C)OCCC(C)(C)OC. The van der Waals surface area contributed by atoms with E-state index in [9.17, 15) is 4.79 Å². The lowest BCUT2D eigenvalue weighted by Crippen LogP contribution is -2.35. The Bertz CT molecular complexity index is 405. The molecule has 0 heterocycles. The highest BCUT2D eigenvalue weighted by Crippen LogP contribution is 2.23. The van der Waals surface area contributed by atoms with E-state index >= 15 is 0 Å². The van der Waals surface area contributed by atoms with Gasteiger partial charge in [0.05, 0.1) is 24.4 Å². The summed E-state index contributed by atoms with van der Waals surface area (Å²) in [7, 11) is 1.71. The first-order chi connectivity index (χ1) is 12.4. The van der Waals surface area contributed by atoms with E-state index in [-0.39, 0.29) is 22.7 Å². The van der Waals surface area contributed by atoms with Gasteiger partial charge in [0.2, 0.25) is 0 Å². The summed E-state index contributed by atoms with van der Waals surface area (Å²) < 4.78 is 16.7. The van der Waals surface area contributed by atoms with Gasteiger partial charge in [-0.1, -0.05) is 46.5 Å². The highest BCUT2D eigenvalue weighted by molar-refractivity contribution is 5.67. The summed E-state index contributed by atoms with van der Waals surface area (Å²) in [6.07, 6.45) is 7.26. The van der Waals surface area contributed by atoms with Gasteiger partial charge in [0, 0.05) is 20.1 Å². The van der Waals surface area contributed by atoms with E-state index in [0.717, 1.165) is 12.8 Å². The highest BCUT2D eigenvalue weighted by atomic mass is 16.6. The van der Waals surface area contributed by atoms with Crippen LogP contribution >= 0.6 is 0 Å². The largest absolute Gasteiger partial charge is 0.449 e. The van der Waals surface area contributed by atoms with Crippen molar-refractivity contribution in [1.82, 2.24) is 5.32 Å². The first kappa shape index (κ1) is 26.2. The molecule has 5 heteroatoms. The number of methoxy groups -OCH3 is 1. The molecule has 0 aliphatic rings. The normalized spacial score (nSPS) is 12.9. The van der Waals surface area contributed by atoms with Crippen molar-refractivity contribution < 1.29 is 19.0 Å². The summed E-state index contributed by atoms with van der Waals surface area (Å²) in [6, 6.07) is 0. The van der Waals surface area contributed by atoms with Crippen LogP contribution in [0.4, 0.5) is 4.79 Å². The zero-order valence-corrected chi connectivity index (χ0v) is 19.2. The van der Waals surface area contributed by atoms with E-state index in [1.807, 2.05) is 27.7 Å². The third-order valence-electron chi connectivity index (χ3n) is 5.11. The van der Waals surface area contributed by atoms with E-state index in [0.29, 0.717) is 26.2 Å². The predicted molar refractivity (Wildman–Crippen MR) is 112 cm³/mol. The molecule has 1 N–H and O–H groups in total. The molecular formula is C22H45NO4. The zero-order valence-electron chi connectivity index (χ0n) is 19.2. The number of hydrogen-bond donors (Lipinski definition) is 1. The topological polar surface area (TPSA) is 56.8 Å². The molecule has 0 unspecified atom stereocenters. The second-order valence-corrected chi connectivity index (χ2v) is 9.54. The Morgan fingerprint density at radius 3 is 2.07 bits per heavy atom. The maximum Gasteiger partial charge on any atom is 0.407 e. The smallest absolute Gasteiger partial charge is 0.407 e. The molecule has 162 valence electrons. The Hall–Kier alpha value is -0.810. The third kappa shape index (κ3) is 14.9. The van der Waals surface area contributed by atoms with E-state index in [1.54, 1.807) is 7.11 Å². The van der Waals surface area contributed by atoms with Gasteiger partial charge in [0.25, 0.3) is 0 Å². The Balaban J connectivity index is 3.96. The van der Waals surface area contributed by atoms with Crippen molar-refractivity contribution in [1.29, 1.82) is 0 Å². The van der Waals surface area contributed by atoms with Crippen molar-refractivity contribution in [2.24, 2.45) is 5.41 Å². The number of ether oxygens (including phenoxy) is 3. The van der Waals surface area contributed by atoms with E-state index in [1.165, 1.54) is 25.7 Å². The van der Waals surface area contributed by atoms with Crippen LogP contribution in [0.15, 0.2) is 0 Å². The van der Waals surface area contributed by atoms with Crippen LogP contribution in [-0.2, 0) is 14.2 Å². The lowest BCUT2D eigenvalue weighted by atomic mass is 9.87. The van der Waals surface area contributed by atoms with E-state index in [2.05, 4.69) is 26.1 Å². The van der Waals surface area contributed by atoms with E-state index < -0.39 is 0 Å². The molecular weight excluding hydrogens is 342 g/mol. The van der Waals surface area contributed by atoms with Gasteiger partial charge in [-0.05, 0) is 46.0 Å². The predicted octanol–water partition coefficient (Wildman–Crippen LogP) is 5.71. The molecule has 0 aromatic heterocycles. The molecule has 0 aromatic carbocycles. The molecule has 0 saturated heterocycles. The van der Waals surface area contributed by atoms with Crippen LogP contribution < -0.4 is 5.32 Å². The monoisotopic (exact) mass is 387 g/mol. The fraction of sp³-hybridized carbons (Fsp3) is 0.955. The van der Waals surface area contributed by atoms with Gasteiger partial charge < -0.3 is 19.5 Å². The summed E-state index contributed by atoms with van der Waals surface area (Å²) in [5, 5.41) is 2.90. The minimum Gasteiger partial charge on any atom is -0.449 e. The van der Waals surface area contributed by atoms with Crippen molar-refractivity contribution in [3.8, 4) is 0 Å².